The number of ether oxygens (including phenoxy) is 3. The fourth-order valence-corrected chi connectivity index (χ4v) is 6.95. The molecule has 47 heavy (non-hydrogen) atoms. The highest BCUT2D eigenvalue weighted by atomic mass is 32.1. The summed E-state index contributed by atoms with van der Waals surface area (Å²) in [6.07, 6.45) is 5.41. The molecular formula is C33H42N8O5S. The van der Waals surface area contributed by atoms with E-state index in [1.165, 1.54) is 11.0 Å². The summed E-state index contributed by atoms with van der Waals surface area (Å²) in [7, 11) is 0. The zero-order valence-electron chi connectivity index (χ0n) is 26.6. The number of ketones is 1. The number of allylic oxidation sites excluding steroid dienone is 1. The summed E-state index contributed by atoms with van der Waals surface area (Å²) in [5.41, 5.74) is 8.21. The number of anilines is 1. The molecule has 0 bridgehead atoms. The lowest BCUT2D eigenvalue weighted by molar-refractivity contribution is -0.134. The van der Waals surface area contributed by atoms with Crippen LogP contribution in [0.15, 0.2) is 42.6 Å². The van der Waals surface area contributed by atoms with Crippen LogP contribution in [0.3, 0.4) is 0 Å². The molecule has 0 spiro atoms. The number of hydrogen-bond donors (Lipinski definition) is 2. The minimum Gasteiger partial charge on any atom is -0.378 e. The molecule has 0 unspecified atom stereocenters. The summed E-state index contributed by atoms with van der Waals surface area (Å²) in [6, 6.07) is 8.23. The molecule has 2 saturated heterocycles. The molecule has 2 aliphatic rings. The van der Waals surface area contributed by atoms with Crippen molar-refractivity contribution in [3.8, 4) is 11.4 Å². The van der Waals surface area contributed by atoms with Gasteiger partial charge in [-0.05, 0) is 18.2 Å². The number of nitrogens with two attached hydrogens (primary N) is 1. The smallest absolute Gasteiger partial charge is 0.223 e. The number of amides is 1. The second kappa shape index (κ2) is 16.4. The van der Waals surface area contributed by atoms with E-state index in [9.17, 15) is 9.59 Å². The number of fused-ring (bicyclic) bond motifs is 2. The Morgan fingerprint density at radius 1 is 1.02 bits per heavy atom. The number of piperazine rings is 1. The predicted octanol–water partition coefficient (Wildman–Crippen LogP) is 2.61. The van der Waals surface area contributed by atoms with Gasteiger partial charge in [0.2, 0.25) is 5.91 Å². The highest BCUT2D eigenvalue weighted by Crippen LogP contribution is 2.36. The van der Waals surface area contributed by atoms with E-state index in [1.807, 2.05) is 29.3 Å². The van der Waals surface area contributed by atoms with Crippen molar-refractivity contribution in [1.82, 2.24) is 30.0 Å². The molecule has 14 heteroatoms. The molecule has 2 aliphatic heterocycles. The molecule has 5 heterocycles. The lowest BCUT2D eigenvalue weighted by atomic mass is 10.1. The average Bonchev–Trinajstić information content (AvgIpc) is 3.75. The Bertz CT molecular complexity index is 1680. The van der Waals surface area contributed by atoms with Crippen molar-refractivity contribution in [2.45, 2.75) is 19.4 Å². The van der Waals surface area contributed by atoms with E-state index < -0.39 is 0 Å². The van der Waals surface area contributed by atoms with Gasteiger partial charge in [-0.25, -0.2) is 9.97 Å². The van der Waals surface area contributed by atoms with Gasteiger partial charge in [0.25, 0.3) is 0 Å². The Hall–Kier alpha value is -3.79. The first-order valence-electron chi connectivity index (χ1n) is 16.2. The number of nitrogens with one attached hydrogen (secondary N) is 1. The largest absolute Gasteiger partial charge is 0.378 e. The highest BCUT2D eigenvalue weighted by molar-refractivity contribution is 7.19. The standard InChI is InChI=1S/C33H42N8O5S/c34-8-16-45-20-19-44-15-2-3-24(42)6-7-30(43)40-11-9-39(10-12-40)23-25-21-29-31(47-25)33(41-13-17-46-18-14-41)37-32(36-29)26-4-1-5-28-27(26)22-35-38-28/h1-5,21-22H,6-20,23,34H2,(H,35,38)/b3-2+. The van der Waals surface area contributed by atoms with Crippen LogP contribution in [0, 0.1) is 0 Å². The second-order valence-electron chi connectivity index (χ2n) is 11.5. The van der Waals surface area contributed by atoms with Crippen LogP contribution in [0.25, 0.3) is 32.5 Å². The van der Waals surface area contributed by atoms with Gasteiger partial charge in [0.05, 0.1) is 61.6 Å². The number of aromatic amines is 1. The van der Waals surface area contributed by atoms with Crippen LogP contribution in [-0.2, 0) is 30.3 Å². The van der Waals surface area contributed by atoms with Gasteiger partial charge in [-0.3, -0.25) is 19.6 Å². The Labute approximate surface area is 277 Å². The summed E-state index contributed by atoms with van der Waals surface area (Å²) in [6.45, 7) is 8.77. The second-order valence-corrected chi connectivity index (χ2v) is 12.7. The van der Waals surface area contributed by atoms with Gasteiger partial charge in [0, 0.05) is 81.0 Å². The van der Waals surface area contributed by atoms with Gasteiger partial charge >= 0.3 is 0 Å². The normalized spacial score (nSPS) is 16.2. The van der Waals surface area contributed by atoms with E-state index in [1.54, 1.807) is 17.4 Å². The van der Waals surface area contributed by atoms with Crippen LogP contribution in [0.4, 0.5) is 5.82 Å². The fraction of sp³-hybridized carbons (Fsp3) is 0.485. The van der Waals surface area contributed by atoms with E-state index in [-0.39, 0.29) is 24.5 Å². The van der Waals surface area contributed by atoms with Gasteiger partial charge in [-0.15, -0.1) is 11.3 Å². The minimum absolute atomic E-state index is 0.0205. The van der Waals surface area contributed by atoms with Crippen LogP contribution in [-0.4, -0.2) is 127 Å². The number of nitrogens with zero attached hydrogens (tertiary/aromatic N) is 6. The molecule has 3 aromatic heterocycles. The molecule has 0 radical (unpaired) electrons. The zero-order chi connectivity index (χ0) is 32.4. The lowest BCUT2D eigenvalue weighted by Crippen LogP contribution is -2.48. The van der Waals surface area contributed by atoms with Crippen LogP contribution in [0.5, 0.6) is 0 Å². The monoisotopic (exact) mass is 662 g/mol. The highest BCUT2D eigenvalue weighted by Gasteiger charge is 2.24. The number of rotatable bonds is 15. The number of hydrogen-bond acceptors (Lipinski definition) is 12. The van der Waals surface area contributed by atoms with Gasteiger partial charge < -0.3 is 29.7 Å². The van der Waals surface area contributed by atoms with E-state index in [4.69, 9.17) is 29.9 Å². The van der Waals surface area contributed by atoms with Crippen LogP contribution in [0.2, 0.25) is 0 Å². The number of H-pyrrole nitrogens is 1. The van der Waals surface area contributed by atoms with E-state index in [0.29, 0.717) is 65.1 Å². The number of thiophene rings is 1. The van der Waals surface area contributed by atoms with Crippen molar-refractivity contribution in [2.75, 3.05) is 90.4 Å². The topological polar surface area (TPSA) is 152 Å². The van der Waals surface area contributed by atoms with E-state index in [0.717, 1.165) is 65.2 Å². The number of carbonyl (C=O) groups is 2. The van der Waals surface area contributed by atoms with Gasteiger partial charge in [-0.1, -0.05) is 18.2 Å². The van der Waals surface area contributed by atoms with Crippen molar-refractivity contribution in [1.29, 1.82) is 0 Å². The Balaban J connectivity index is 1.03. The maximum Gasteiger partial charge on any atom is 0.223 e. The molecule has 4 aromatic rings. The number of morpholine rings is 1. The molecule has 1 aromatic carbocycles. The summed E-state index contributed by atoms with van der Waals surface area (Å²) in [5, 5.41) is 8.27. The lowest BCUT2D eigenvalue weighted by Gasteiger charge is -2.34. The van der Waals surface area contributed by atoms with Gasteiger partial charge in [0.1, 0.15) is 0 Å². The van der Waals surface area contributed by atoms with Crippen molar-refractivity contribution >= 4 is 50.0 Å². The van der Waals surface area contributed by atoms with E-state index >= 15 is 0 Å². The van der Waals surface area contributed by atoms with Crippen LogP contribution >= 0.6 is 11.3 Å². The predicted molar refractivity (Wildman–Crippen MR) is 181 cm³/mol. The third-order valence-corrected chi connectivity index (χ3v) is 9.39. The quantitative estimate of drug-likeness (QED) is 0.143. The Morgan fingerprint density at radius 2 is 1.85 bits per heavy atom. The summed E-state index contributed by atoms with van der Waals surface area (Å²) in [5.74, 6) is 1.58. The molecule has 3 N–H and O–H groups in total. The SMILES string of the molecule is NCCOCCOC/C=C/C(=O)CCC(=O)N1CCN(Cc2cc3nc(-c4cccc5[nH]ncc45)nc(N4CCOCC4)c3s2)CC1. The molecule has 0 aliphatic carbocycles. The van der Waals surface area contributed by atoms with Gasteiger partial charge in [0.15, 0.2) is 17.4 Å². The van der Waals surface area contributed by atoms with Crippen LogP contribution < -0.4 is 10.6 Å². The molecule has 0 atom stereocenters. The molecule has 0 saturated carbocycles. The summed E-state index contributed by atoms with van der Waals surface area (Å²) >= 11 is 1.74. The van der Waals surface area contributed by atoms with Crippen LogP contribution in [0.1, 0.15) is 17.7 Å². The molecule has 2 fully saturated rings. The molecule has 1 amide bonds. The molecule has 13 nitrogen and oxygen atoms in total. The van der Waals surface area contributed by atoms with E-state index in [2.05, 4.69) is 26.1 Å². The molecular weight excluding hydrogens is 620 g/mol. The van der Waals surface area contributed by atoms with Crippen molar-refractivity contribution in [3.63, 3.8) is 0 Å². The number of aromatic nitrogens is 4. The first-order valence-corrected chi connectivity index (χ1v) is 17.0. The fourth-order valence-electron chi connectivity index (χ4n) is 5.80. The zero-order valence-corrected chi connectivity index (χ0v) is 27.4. The summed E-state index contributed by atoms with van der Waals surface area (Å²) in [4.78, 5) is 43.0. The molecule has 6 rings (SSSR count). The first kappa shape index (κ1) is 33.1. The molecule has 250 valence electrons. The average molecular weight is 663 g/mol. The number of carbonyl (C=O) groups excluding carboxylic acids is 2. The Morgan fingerprint density at radius 3 is 2.68 bits per heavy atom. The van der Waals surface area contributed by atoms with Crippen molar-refractivity contribution < 1.29 is 23.8 Å². The van der Waals surface area contributed by atoms with Crippen molar-refractivity contribution in [2.24, 2.45) is 5.73 Å². The third-order valence-electron chi connectivity index (χ3n) is 8.28. The Kier molecular flexibility index (Phi) is 11.5. The van der Waals surface area contributed by atoms with Gasteiger partial charge in [-0.2, -0.15) is 5.10 Å². The number of benzene rings is 1. The summed E-state index contributed by atoms with van der Waals surface area (Å²) < 4.78 is 17.3. The third kappa shape index (κ3) is 8.58. The maximum atomic E-state index is 12.8. The van der Waals surface area contributed by atoms with Crippen molar-refractivity contribution in [3.05, 3.63) is 47.5 Å². The maximum absolute atomic E-state index is 12.8. The first-order chi connectivity index (χ1) is 23.1. The minimum atomic E-state index is -0.0751.